The van der Waals surface area contributed by atoms with Crippen LogP contribution in [0.25, 0.3) is 0 Å². The smallest absolute Gasteiger partial charge is 0.387 e. The van der Waals surface area contributed by atoms with E-state index in [9.17, 15) is 13.6 Å². The number of carbonyl (C=O) groups is 1. The molecule has 2 unspecified atom stereocenters. The minimum atomic E-state index is -2.93. The Labute approximate surface area is 101 Å². The molecule has 6 heteroatoms. The number of hydrogen-bond acceptors (Lipinski definition) is 2. The van der Waals surface area contributed by atoms with Crippen LogP contribution in [0.2, 0.25) is 5.02 Å². The van der Waals surface area contributed by atoms with Gasteiger partial charge in [0.05, 0.1) is 5.92 Å². The van der Waals surface area contributed by atoms with Crippen molar-refractivity contribution in [1.29, 1.82) is 0 Å². The van der Waals surface area contributed by atoms with Crippen LogP contribution in [0.3, 0.4) is 0 Å². The predicted molar refractivity (Wildman–Crippen MR) is 56.6 cm³/mol. The quantitative estimate of drug-likeness (QED) is 0.907. The zero-order chi connectivity index (χ0) is 12.6. The Kier molecular flexibility index (Phi) is 3.19. The van der Waals surface area contributed by atoms with Gasteiger partial charge < -0.3 is 9.84 Å². The Morgan fingerprint density at radius 3 is 2.76 bits per heavy atom. The minimum Gasteiger partial charge on any atom is -0.481 e. The normalized spacial score (nSPS) is 22.6. The van der Waals surface area contributed by atoms with E-state index in [0.717, 1.165) is 0 Å². The summed E-state index contributed by atoms with van der Waals surface area (Å²) in [7, 11) is 0. The third-order valence-corrected chi connectivity index (χ3v) is 2.93. The second-order valence-electron chi connectivity index (χ2n) is 3.85. The van der Waals surface area contributed by atoms with Crippen LogP contribution in [-0.2, 0) is 4.79 Å². The van der Waals surface area contributed by atoms with Crippen LogP contribution >= 0.6 is 11.6 Å². The first kappa shape index (κ1) is 12.1. The number of rotatable bonds is 4. The first-order valence-electron chi connectivity index (χ1n) is 4.96. The van der Waals surface area contributed by atoms with Crippen molar-refractivity contribution < 1.29 is 23.4 Å². The van der Waals surface area contributed by atoms with Gasteiger partial charge in [-0.05, 0) is 30.2 Å². The molecule has 2 atom stereocenters. The summed E-state index contributed by atoms with van der Waals surface area (Å²) in [4.78, 5) is 10.7. The van der Waals surface area contributed by atoms with Gasteiger partial charge in [-0.3, -0.25) is 4.79 Å². The Morgan fingerprint density at radius 2 is 2.24 bits per heavy atom. The molecule has 1 N–H and O–H groups in total. The topological polar surface area (TPSA) is 46.5 Å². The second-order valence-corrected chi connectivity index (χ2v) is 4.28. The van der Waals surface area contributed by atoms with Crippen molar-refractivity contribution in [3.63, 3.8) is 0 Å². The summed E-state index contributed by atoms with van der Waals surface area (Å²) in [5.74, 6) is -1.76. The summed E-state index contributed by atoms with van der Waals surface area (Å²) in [6.07, 6.45) is 0.426. The maximum atomic E-state index is 12.2. The summed E-state index contributed by atoms with van der Waals surface area (Å²) < 4.78 is 28.7. The molecule has 0 spiro atoms. The zero-order valence-corrected chi connectivity index (χ0v) is 9.32. The average molecular weight is 263 g/mol. The van der Waals surface area contributed by atoms with Crippen molar-refractivity contribution >= 4 is 17.6 Å². The lowest BCUT2D eigenvalue weighted by Crippen LogP contribution is -2.05. The molecule has 1 aliphatic carbocycles. The van der Waals surface area contributed by atoms with Crippen LogP contribution in [0, 0.1) is 5.92 Å². The number of hydrogen-bond donors (Lipinski definition) is 1. The number of benzene rings is 1. The van der Waals surface area contributed by atoms with Crippen LogP contribution in [0.4, 0.5) is 8.78 Å². The monoisotopic (exact) mass is 262 g/mol. The van der Waals surface area contributed by atoms with Gasteiger partial charge in [0.15, 0.2) is 0 Å². The average Bonchev–Trinajstić information content (AvgIpc) is 2.99. The van der Waals surface area contributed by atoms with E-state index in [0.29, 0.717) is 17.0 Å². The van der Waals surface area contributed by atoms with Gasteiger partial charge in [0, 0.05) is 10.9 Å². The molecule has 0 aromatic heterocycles. The highest BCUT2D eigenvalue weighted by Gasteiger charge is 2.45. The molecule has 1 fully saturated rings. The highest BCUT2D eigenvalue weighted by molar-refractivity contribution is 6.30. The fourth-order valence-electron chi connectivity index (χ4n) is 1.82. The molecule has 1 aliphatic rings. The first-order chi connectivity index (χ1) is 7.99. The lowest BCUT2D eigenvalue weighted by Gasteiger charge is -2.10. The zero-order valence-electron chi connectivity index (χ0n) is 8.57. The molecule has 17 heavy (non-hydrogen) atoms. The number of carboxylic acid groups (broad SMARTS) is 1. The molecular weight excluding hydrogens is 254 g/mol. The van der Waals surface area contributed by atoms with Gasteiger partial charge in [-0.2, -0.15) is 8.78 Å². The molecule has 1 aromatic carbocycles. The van der Waals surface area contributed by atoms with Crippen molar-refractivity contribution in [2.24, 2.45) is 5.92 Å². The van der Waals surface area contributed by atoms with Gasteiger partial charge in [0.2, 0.25) is 0 Å². The van der Waals surface area contributed by atoms with E-state index in [4.69, 9.17) is 16.7 Å². The SMILES string of the molecule is O=C(O)C1CC1c1cc(Cl)ccc1OC(F)F. The summed E-state index contributed by atoms with van der Waals surface area (Å²) in [6.45, 7) is -2.93. The molecule has 0 radical (unpaired) electrons. The Balaban J connectivity index is 2.26. The third kappa shape index (κ3) is 2.66. The van der Waals surface area contributed by atoms with Crippen molar-refractivity contribution in [3.8, 4) is 5.75 Å². The molecule has 0 saturated heterocycles. The van der Waals surface area contributed by atoms with Crippen molar-refractivity contribution in [1.82, 2.24) is 0 Å². The van der Waals surface area contributed by atoms with Gasteiger partial charge in [0.1, 0.15) is 5.75 Å². The summed E-state index contributed by atoms with van der Waals surface area (Å²) >= 11 is 5.76. The van der Waals surface area contributed by atoms with Crippen LogP contribution < -0.4 is 4.74 Å². The highest BCUT2D eigenvalue weighted by atomic mass is 35.5. The van der Waals surface area contributed by atoms with Gasteiger partial charge in [-0.15, -0.1) is 0 Å². The van der Waals surface area contributed by atoms with E-state index in [1.54, 1.807) is 0 Å². The van der Waals surface area contributed by atoms with Crippen molar-refractivity contribution in [2.45, 2.75) is 19.0 Å². The van der Waals surface area contributed by atoms with Crippen LogP contribution in [0.5, 0.6) is 5.75 Å². The van der Waals surface area contributed by atoms with Crippen LogP contribution in [0.15, 0.2) is 18.2 Å². The number of carboxylic acids is 1. The second kappa shape index (κ2) is 4.49. The van der Waals surface area contributed by atoms with E-state index in [2.05, 4.69) is 4.74 Å². The number of aliphatic carboxylic acids is 1. The van der Waals surface area contributed by atoms with E-state index in [1.165, 1.54) is 18.2 Å². The highest BCUT2D eigenvalue weighted by Crippen LogP contribution is 2.51. The maximum Gasteiger partial charge on any atom is 0.387 e. The fourth-order valence-corrected chi connectivity index (χ4v) is 2.00. The molecule has 0 heterocycles. The summed E-state index contributed by atoms with van der Waals surface area (Å²) in [6, 6.07) is 4.24. The molecule has 0 amide bonds. The molecule has 92 valence electrons. The molecule has 0 aliphatic heterocycles. The van der Waals surface area contributed by atoms with Crippen molar-refractivity contribution in [2.75, 3.05) is 0 Å². The fraction of sp³-hybridized carbons (Fsp3) is 0.364. The van der Waals surface area contributed by atoms with Gasteiger partial charge >= 0.3 is 12.6 Å². The lowest BCUT2D eigenvalue weighted by molar-refractivity contribution is -0.138. The molecule has 1 saturated carbocycles. The van der Waals surface area contributed by atoms with Gasteiger partial charge in [-0.25, -0.2) is 0 Å². The number of alkyl halides is 2. The van der Waals surface area contributed by atoms with E-state index >= 15 is 0 Å². The Morgan fingerprint density at radius 1 is 1.53 bits per heavy atom. The largest absolute Gasteiger partial charge is 0.481 e. The maximum absolute atomic E-state index is 12.2. The lowest BCUT2D eigenvalue weighted by atomic mass is 10.1. The molecule has 1 aromatic rings. The van der Waals surface area contributed by atoms with E-state index in [-0.39, 0.29) is 11.7 Å². The Bertz CT molecular complexity index is 450. The minimum absolute atomic E-state index is 0.00171. The molecule has 0 bridgehead atoms. The third-order valence-electron chi connectivity index (χ3n) is 2.69. The van der Waals surface area contributed by atoms with Gasteiger partial charge in [-0.1, -0.05) is 11.6 Å². The van der Waals surface area contributed by atoms with E-state index < -0.39 is 18.5 Å². The summed E-state index contributed by atoms with van der Waals surface area (Å²) in [5.41, 5.74) is 0.435. The summed E-state index contributed by atoms with van der Waals surface area (Å²) in [5, 5.41) is 9.18. The van der Waals surface area contributed by atoms with Crippen molar-refractivity contribution in [3.05, 3.63) is 28.8 Å². The predicted octanol–water partition coefficient (Wildman–Crippen LogP) is 3.13. The number of ether oxygens (including phenoxy) is 1. The molecule has 2 rings (SSSR count). The Hall–Kier alpha value is -1.36. The standard InChI is InChI=1S/C11H9ClF2O3/c12-5-1-2-9(17-11(13)14)7(3-5)6-4-8(6)10(15)16/h1-3,6,8,11H,4H2,(H,15,16). The molecular formula is C11H9ClF2O3. The van der Waals surface area contributed by atoms with E-state index in [1.807, 2.05) is 0 Å². The first-order valence-corrected chi connectivity index (χ1v) is 5.34. The van der Waals surface area contributed by atoms with Gasteiger partial charge in [0.25, 0.3) is 0 Å². The van der Waals surface area contributed by atoms with Crippen LogP contribution in [-0.4, -0.2) is 17.7 Å². The van der Waals surface area contributed by atoms with Crippen LogP contribution in [0.1, 0.15) is 17.9 Å². The number of halogens is 3. The molecule has 3 nitrogen and oxygen atoms in total.